The lowest BCUT2D eigenvalue weighted by Crippen LogP contribution is -2.42. The van der Waals surface area contributed by atoms with Gasteiger partial charge in [-0.2, -0.15) is 4.31 Å². The molecule has 0 radical (unpaired) electrons. The predicted octanol–water partition coefficient (Wildman–Crippen LogP) is 3.52. The first-order chi connectivity index (χ1) is 14.7. The van der Waals surface area contributed by atoms with Gasteiger partial charge in [0, 0.05) is 45.6 Å². The molecule has 31 heavy (non-hydrogen) atoms. The number of piperidine rings is 1. The summed E-state index contributed by atoms with van der Waals surface area (Å²) in [6, 6.07) is 5.16. The molecule has 8 heteroatoms. The summed E-state index contributed by atoms with van der Waals surface area (Å²) in [6.07, 6.45) is 2.15. The Morgan fingerprint density at radius 1 is 1.13 bits per heavy atom. The Morgan fingerprint density at radius 2 is 1.77 bits per heavy atom. The number of imidazole rings is 1. The smallest absolute Gasteiger partial charge is 0.243 e. The highest BCUT2D eigenvalue weighted by atomic mass is 32.2. The molecule has 2 heterocycles. The van der Waals surface area contributed by atoms with Crippen molar-refractivity contribution in [1.29, 1.82) is 0 Å². The molecule has 1 amide bonds. The molecule has 2 aromatic rings. The third-order valence-electron chi connectivity index (χ3n) is 6.24. The second-order valence-electron chi connectivity index (χ2n) is 8.76. The van der Waals surface area contributed by atoms with E-state index >= 15 is 0 Å². The fourth-order valence-electron chi connectivity index (χ4n) is 4.82. The number of nitrogens with zero attached hydrogens (tertiary/aromatic N) is 4. The van der Waals surface area contributed by atoms with Gasteiger partial charge in [0.25, 0.3) is 0 Å². The monoisotopic (exact) mass is 448 g/mol. The molecule has 0 N–H and O–H groups in total. The molecule has 0 aliphatic carbocycles. The van der Waals surface area contributed by atoms with Gasteiger partial charge in [-0.25, -0.2) is 13.4 Å². The lowest BCUT2D eigenvalue weighted by Gasteiger charge is -2.35. The molecule has 7 nitrogen and oxygen atoms in total. The van der Waals surface area contributed by atoms with E-state index in [4.69, 9.17) is 4.98 Å². The van der Waals surface area contributed by atoms with Crippen LogP contribution in [0.15, 0.2) is 23.1 Å². The third-order valence-corrected chi connectivity index (χ3v) is 8.29. The van der Waals surface area contributed by atoms with Crippen molar-refractivity contribution < 1.29 is 13.2 Å². The maximum absolute atomic E-state index is 12.9. The first-order valence-corrected chi connectivity index (χ1v) is 12.9. The summed E-state index contributed by atoms with van der Waals surface area (Å²) in [4.78, 5) is 19.8. The molecule has 2 unspecified atom stereocenters. The standard InChI is InChI=1S/C23H36N4O3S/c1-6-26(7-2)31(29,30)19-9-10-21-20(14-19)24-22(27(21)8-3)11-12-23(28)25-15-17(4)13-18(5)16-25/h9-10,14,17-18H,6-8,11-13,15-16H2,1-5H3. The Hall–Kier alpha value is -1.93. The van der Waals surface area contributed by atoms with Crippen molar-refractivity contribution in [3.63, 3.8) is 0 Å². The molecular formula is C23H36N4O3S. The molecule has 1 aliphatic rings. The minimum Gasteiger partial charge on any atom is -0.342 e. The molecule has 1 aliphatic heterocycles. The average molecular weight is 449 g/mol. The van der Waals surface area contributed by atoms with E-state index in [-0.39, 0.29) is 10.8 Å². The number of amides is 1. The fourth-order valence-corrected chi connectivity index (χ4v) is 6.30. The van der Waals surface area contributed by atoms with Crippen LogP contribution in [0.4, 0.5) is 0 Å². The number of aromatic nitrogens is 2. The second kappa shape index (κ2) is 9.69. The zero-order valence-electron chi connectivity index (χ0n) is 19.5. The fraction of sp³-hybridized carbons (Fsp3) is 0.652. The van der Waals surface area contributed by atoms with Gasteiger partial charge >= 0.3 is 0 Å². The first kappa shape index (κ1) is 23.7. The number of hydrogen-bond acceptors (Lipinski definition) is 4. The summed E-state index contributed by atoms with van der Waals surface area (Å²) < 4.78 is 29.3. The SMILES string of the molecule is CCN(CC)S(=O)(=O)c1ccc2c(c1)nc(CCC(=O)N1CC(C)CC(C)C1)n2CC. The van der Waals surface area contributed by atoms with Crippen LogP contribution in [0.2, 0.25) is 0 Å². The quantitative estimate of drug-likeness (QED) is 0.619. The van der Waals surface area contributed by atoms with E-state index in [2.05, 4.69) is 18.4 Å². The molecule has 1 fully saturated rings. The van der Waals surface area contributed by atoms with Crippen LogP contribution in [0, 0.1) is 11.8 Å². The summed E-state index contributed by atoms with van der Waals surface area (Å²) in [5, 5.41) is 0. The van der Waals surface area contributed by atoms with E-state index in [0.717, 1.165) is 31.0 Å². The van der Waals surface area contributed by atoms with E-state index in [0.29, 0.717) is 43.3 Å². The van der Waals surface area contributed by atoms with Crippen LogP contribution in [0.1, 0.15) is 53.3 Å². The van der Waals surface area contributed by atoms with Crippen molar-refractivity contribution in [3.8, 4) is 0 Å². The van der Waals surface area contributed by atoms with E-state index in [1.165, 1.54) is 10.7 Å². The predicted molar refractivity (Wildman–Crippen MR) is 123 cm³/mol. The van der Waals surface area contributed by atoms with Crippen LogP contribution in [0.25, 0.3) is 11.0 Å². The van der Waals surface area contributed by atoms with E-state index in [1.54, 1.807) is 12.1 Å². The van der Waals surface area contributed by atoms with E-state index < -0.39 is 10.0 Å². The number of fused-ring (bicyclic) bond motifs is 1. The molecular weight excluding hydrogens is 412 g/mol. The summed E-state index contributed by atoms with van der Waals surface area (Å²) in [7, 11) is -3.53. The van der Waals surface area contributed by atoms with Gasteiger partial charge in [-0.05, 0) is 43.4 Å². The van der Waals surface area contributed by atoms with Crippen molar-refractivity contribution >= 4 is 27.0 Å². The first-order valence-electron chi connectivity index (χ1n) is 11.5. The van der Waals surface area contributed by atoms with Crippen LogP contribution in [-0.4, -0.2) is 59.3 Å². The molecule has 3 rings (SSSR count). The largest absolute Gasteiger partial charge is 0.342 e. The van der Waals surface area contributed by atoms with E-state index in [9.17, 15) is 13.2 Å². The maximum Gasteiger partial charge on any atom is 0.243 e. The Labute approximate surface area is 186 Å². The van der Waals surface area contributed by atoms with Crippen molar-refractivity contribution in [2.45, 2.75) is 65.3 Å². The lowest BCUT2D eigenvalue weighted by molar-refractivity contribution is -0.133. The lowest BCUT2D eigenvalue weighted by atomic mass is 9.91. The number of sulfonamides is 1. The van der Waals surface area contributed by atoms with Gasteiger partial charge < -0.3 is 9.47 Å². The molecule has 1 aromatic carbocycles. The summed E-state index contributed by atoms with van der Waals surface area (Å²) in [6.45, 7) is 13.4. The zero-order valence-corrected chi connectivity index (χ0v) is 20.3. The van der Waals surface area contributed by atoms with Gasteiger partial charge in [-0.15, -0.1) is 0 Å². The Bertz CT molecular complexity index is 1020. The highest BCUT2D eigenvalue weighted by molar-refractivity contribution is 7.89. The van der Waals surface area contributed by atoms with Crippen LogP contribution in [0.5, 0.6) is 0 Å². The Kier molecular flexibility index (Phi) is 7.42. The van der Waals surface area contributed by atoms with Crippen LogP contribution in [-0.2, 0) is 27.8 Å². The molecule has 0 spiro atoms. The summed E-state index contributed by atoms with van der Waals surface area (Å²) in [5.74, 6) is 2.09. The number of carbonyl (C=O) groups excluding carboxylic acids is 1. The average Bonchev–Trinajstić information content (AvgIpc) is 3.08. The molecule has 0 bridgehead atoms. The van der Waals surface area contributed by atoms with E-state index in [1.807, 2.05) is 31.7 Å². The molecule has 172 valence electrons. The molecule has 2 atom stereocenters. The summed E-state index contributed by atoms with van der Waals surface area (Å²) >= 11 is 0. The third kappa shape index (κ3) is 4.95. The Balaban J connectivity index is 1.82. The van der Waals surface area contributed by atoms with Crippen molar-refractivity contribution in [1.82, 2.24) is 18.8 Å². The Morgan fingerprint density at radius 3 is 2.35 bits per heavy atom. The van der Waals surface area contributed by atoms with Gasteiger partial charge in [0.1, 0.15) is 5.82 Å². The maximum atomic E-state index is 12.9. The van der Waals surface area contributed by atoms with Crippen LogP contribution < -0.4 is 0 Å². The minimum atomic E-state index is -3.53. The van der Waals surface area contributed by atoms with Crippen LogP contribution in [0.3, 0.4) is 0 Å². The van der Waals surface area contributed by atoms with Crippen molar-refractivity contribution in [3.05, 3.63) is 24.0 Å². The van der Waals surface area contributed by atoms with Gasteiger partial charge in [0.05, 0.1) is 15.9 Å². The summed E-state index contributed by atoms with van der Waals surface area (Å²) in [5.41, 5.74) is 1.57. The number of carbonyl (C=O) groups is 1. The highest BCUT2D eigenvalue weighted by Gasteiger charge is 2.26. The number of aryl methyl sites for hydroxylation is 2. The number of likely N-dealkylation sites (tertiary alicyclic amines) is 1. The van der Waals surface area contributed by atoms with Gasteiger partial charge in [-0.1, -0.05) is 27.7 Å². The highest BCUT2D eigenvalue weighted by Crippen LogP contribution is 2.25. The molecule has 1 aromatic heterocycles. The van der Waals surface area contributed by atoms with Crippen molar-refractivity contribution in [2.24, 2.45) is 11.8 Å². The van der Waals surface area contributed by atoms with Crippen molar-refractivity contribution in [2.75, 3.05) is 26.2 Å². The minimum absolute atomic E-state index is 0.179. The molecule has 1 saturated heterocycles. The second-order valence-corrected chi connectivity index (χ2v) is 10.7. The van der Waals surface area contributed by atoms with Gasteiger partial charge in [-0.3, -0.25) is 4.79 Å². The normalized spacial score (nSPS) is 20.0. The van der Waals surface area contributed by atoms with Crippen LogP contribution >= 0.6 is 0 Å². The van der Waals surface area contributed by atoms with Gasteiger partial charge in [0.15, 0.2) is 0 Å². The number of rotatable bonds is 8. The number of hydrogen-bond donors (Lipinski definition) is 0. The number of benzene rings is 1. The zero-order chi connectivity index (χ0) is 22.8. The topological polar surface area (TPSA) is 75.5 Å². The van der Waals surface area contributed by atoms with Gasteiger partial charge in [0.2, 0.25) is 15.9 Å². The molecule has 0 saturated carbocycles.